The van der Waals surface area contributed by atoms with Gasteiger partial charge in [0.2, 0.25) is 0 Å². The van der Waals surface area contributed by atoms with Crippen LogP contribution in [0.2, 0.25) is 36.3 Å². The number of esters is 1. The third-order valence-electron chi connectivity index (χ3n) is 10.4. The molecule has 9 heteroatoms. The van der Waals surface area contributed by atoms with Gasteiger partial charge in [0.15, 0.2) is 16.6 Å². The number of carbonyl (C=O) groups is 2. The first-order valence-electron chi connectivity index (χ1n) is 18.9. The molecular formula is C44H71NO6Si2. The number of primary amides is 1. The lowest BCUT2D eigenvalue weighted by Gasteiger charge is -2.40. The molecule has 1 aromatic carbocycles. The molecule has 1 amide bonds. The van der Waals surface area contributed by atoms with Gasteiger partial charge in [-0.25, -0.2) is 9.59 Å². The van der Waals surface area contributed by atoms with Crippen molar-refractivity contribution in [1.29, 1.82) is 0 Å². The standard InChI is InChI=1S/C44H71NO6Si2/c1-16-22-36-24-21-25-37(31-36)27-28-41(46)49-40(35(5)29-34(4)32-48-52(12,13)43(6,7)8)30-33(3)23-19-18-20-26-39(50-42(45)47)38(17-2)51-53(14,15)44(9,10)11/h16-19,21,23-25,27-29,31,35,38-40H,1-2,20,22,26,30,32H2,3-15H3,(H2,45,47)/b19-18+,28-27+,33-23+,34-29+/t35-,38+,39+,40-/m1/s1. The predicted octanol–water partition coefficient (Wildman–Crippen LogP) is 11.7. The molecule has 296 valence electrons. The number of carbonyl (C=O) groups excluding carboxylic acids is 2. The summed E-state index contributed by atoms with van der Waals surface area (Å²) in [5.41, 5.74) is 9.68. The van der Waals surface area contributed by atoms with Crippen molar-refractivity contribution in [1.82, 2.24) is 0 Å². The molecule has 0 radical (unpaired) electrons. The van der Waals surface area contributed by atoms with Gasteiger partial charge in [-0.15, -0.1) is 13.2 Å². The lowest BCUT2D eigenvalue weighted by Crippen LogP contribution is -2.47. The number of nitrogens with two attached hydrogens (primary N) is 1. The molecule has 1 aromatic rings. The Labute approximate surface area is 324 Å². The van der Waals surface area contributed by atoms with Gasteiger partial charge in [-0.1, -0.05) is 120 Å². The van der Waals surface area contributed by atoms with Gasteiger partial charge < -0.3 is 24.1 Å². The maximum atomic E-state index is 13.2. The molecule has 0 heterocycles. The highest BCUT2D eigenvalue weighted by Gasteiger charge is 2.41. The zero-order chi connectivity index (χ0) is 40.6. The van der Waals surface area contributed by atoms with E-state index >= 15 is 0 Å². The highest BCUT2D eigenvalue weighted by atomic mass is 28.4. The summed E-state index contributed by atoms with van der Waals surface area (Å²) in [5, 5.41) is 0.101. The minimum atomic E-state index is -2.15. The average molecular weight is 766 g/mol. The Bertz CT molecular complexity index is 1470. The van der Waals surface area contributed by atoms with Crippen LogP contribution >= 0.6 is 0 Å². The molecule has 0 saturated carbocycles. The molecule has 0 saturated heterocycles. The van der Waals surface area contributed by atoms with Crippen molar-refractivity contribution in [2.45, 2.75) is 143 Å². The van der Waals surface area contributed by atoms with Crippen molar-refractivity contribution in [3.8, 4) is 0 Å². The van der Waals surface area contributed by atoms with Gasteiger partial charge in [0, 0.05) is 18.4 Å². The smallest absolute Gasteiger partial charge is 0.404 e. The summed E-state index contributed by atoms with van der Waals surface area (Å²) in [6, 6.07) is 8.02. The third-order valence-corrected chi connectivity index (χ3v) is 19.3. The van der Waals surface area contributed by atoms with Crippen LogP contribution in [0.15, 0.2) is 91.1 Å². The largest absolute Gasteiger partial charge is 0.458 e. The van der Waals surface area contributed by atoms with Gasteiger partial charge in [0.05, 0.1) is 6.61 Å². The van der Waals surface area contributed by atoms with Gasteiger partial charge in [-0.05, 0) is 86.6 Å². The van der Waals surface area contributed by atoms with E-state index in [0.29, 0.717) is 25.9 Å². The predicted molar refractivity (Wildman–Crippen MR) is 229 cm³/mol. The van der Waals surface area contributed by atoms with E-state index in [-0.39, 0.29) is 28.1 Å². The number of hydrogen-bond donors (Lipinski definition) is 1. The molecule has 0 fully saturated rings. The molecule has 0 spiro atoms. The van der Waals surface area contributed by atoms with Gasteiger partial charge in [-0.2, -0.15) is 0 Å². The number of ether oxygens (including phenoxy) is 2. The lowest BCUT2D eigenvalue weighted by atomic mass is 9.95. The Hall–Kier alpha value is -3.25. The molecule has 0 unspecified atom stereocenters. The van der Waals surface area contributed by atoms with Crippen LogP contribution < -0.4 is 5.73 Å². The summed E-state index contributed by atoms with van der Waals surface area (Å²) in [4.78, 5) is 25.0. The van der Waals surface area contributed by atoms with Gasteiger partial charge in [0.25, 0.3) is 0 Å². The van der Waals surface area contributed by atoms with Crippen LogP contribution in [-0.4, -0.2) is 53.6 Å². The molecule has 4 atom stereocenters. The monoisotopic (exact) mass is 765 g/mol. The number of allylic oxidation sites excluding steroid dienone is 4. The highest BCUT2D eigenvalue weighted by Crippen LogP contribution is 2.38. The molecule has 0 aromatic heterocycles. The van der Waals surface area contributed by atoms with Gasteiger partial charge >= 0.3 is 12.1 Å². The summed E-state index contributed by atoms with van der Waals surface area (Å²) in [6.07, 6.45) is 15.3. The summed E-state index contributed by atoms with van der Waals surface area (Å²) in [7, 11) is -4.07. The minimum absolute atomic E-state index is 0.0159. The van der Waals surface area contributed by atoms with Crippen molar-refractivity contribution in [2.24, 2.45) is 11.7 Å². The third kappa shape index (κ3) is 17.6. The first kappa shape index (κ1) is 47.8. The topological polar surface area (TPSA) is 97.1 Å². The van der Waals surface area contributed by atoms with Crippen LogP contribution in [0.1, 0.15) is 92.7 Å². The molecule has 0 aliphatic heterocycles. The maximum Gasteiger partial charge on any atom is 0.404 e. The fourth-order valence-corrected chi connectivity index (χ4v) is 7.30. The Morgan fingerprint density at radius 3 is 2.13 bits per heavy atom. The zero-order valence-electron chi connectivity index (χ0n) is 35.2. The van der Waals surface area contributed by atoms with E-state index in [2.05, 4.69) is 101 Å². The van der Waals surface area contributed by atoms with Crippen LogP contribution in [0.5, 0.6) is 0 Å². The van der Waals surface area contributed by atoms with Crippen molar-refractivity contribution in [2.75, 3.05) is 6.61 Å². The second-order valence-electron chi connectivity index (χ2n) is 17.2. The van der Waals surface area contributed by atoms with Gasteiger partial charge in [0.1, 0.15) is 18.3 Å². The molecule has 2 N–H and O–H groups in total. The van der Waals surface area contributed by atoms with Crippen LogP contribution in [0.4, 0.5) is 4.79 Å². The van der Waals surface area contributed by atoms with E-state index in [4.69, 9.17) is 24.1 Å². The fourth-order valence-electron chi connectivity index (χ4n) is 5.00. The quantitative estimate of drug-likeness (QED) is 0.0440. The molecule has 7 nitrogen and oxygen atoms in total. The fraction of sp³-hybridized carbons (Fsp3) is 0.545. The highest BCUT2D eigenvalue weighted by molar-refractivity contribution is 6.74. The maximum absolute atomic E-state index is 13.2. The average Bonchev–Trinajstić information content (AvgIpc) is 3.03. The van der Waals surface area contributed by atoms with Crippen LogP contribution in [0, 0.1) is 5.92 Å². The van der Waals surface area contributed by atoms with E-state index in [1.807, 2.05) is 55.5 Å². The molecule has 1 rings (SSSR count). The number of amides is 1. The molecule has 53 heavy (non-hydrogen) atoms. The van der Waals surface area contributed by atoms with E-state index in [9.17, 15) is 9.59 Å². The summed E-state index contributed by atoms with van der Waals surface area (Å²) in [5.74, 6) is -0.442. The van der Waals surface area contributed by atoms with E-state index < -0.39 is 34.9 Å². The van der Waals surface area contributed by atoms with E-state index in [0.717, 1.165) is 28.7 Å². The minimum Gasteiger partial charge on any atom is -0.458 e. The number of benzene rings is 1. The normalized spacial score (nSPS) is 15.9. The van der Waals surface area contributed by atoms with E-state index in [1.54, 1.807) is 12.2 Å². The molecular weight excluding hydrogens is 695 g/mol. The number of rotatable bonds is 21. The molecule has 0 bridgehead atoms. The summed E-state index contributed by atoms with van der Waals surface area (Å²) in [6.45, 7) is 36.5. The van der Waals surface area contributed by atoms with Crippen LogP contribution in [0.25, 0.3) is 6.08 Å². The van der Waals surface area contributed by atoms with Crippen molar-refractivity contribution in [3.63, 3.8) is 0 Å². The van der Waals surface area contributed by atoms with Crippen molar-refractivity contribution in [3.05, 3.63) is 102 Å². The Balaban J connectivity index is 3.16. The first-order valence-corrected chi connectivity index (χ1v) is 24.7. The lowest BCUT2D eigenvalue weighted by molar-refractivity contribution is -0.144. The Kier molecular flexibility index (Phi) is 19.5. The van der Waals surface area contributed by atoms with Crippen LogP contribution in [-0.2, 0) is 29.5 Å². The molecule has 0 aliphatic rings. The number of hydrogen-bond acceptors (Lipinski definition) is 6. The van der Waals surface area contributed by atoms with Crippen molar-refractivity contribution < 1.29 is 27.9 Å². The SMILES string of the molecule is C=CCc1cccc(/C=C/C(=O)O[C@H](C/C(C)=C/C=C/CC[C@H](OC(N)=O)[C@H](C=C)O[Si](C)(C)C(C)(C)C)[C@H](C)/C=C(\C)CO[Si](C)(C)C(C)(C)C)c1. The first-order chi connectivity index (χ1) is 24.4. The second-order valence-corrected chi connectivity index (χ2v) is 26.8. The second kappa shape index (κ2) is 21.6. The Morgan fingerprint density at radius 1 is 0.925 bits per heavy atom. The van der Waals surface area contributed by atoms with Crippen LogP contribution in [0.3, 0.4) is 0 Å². The zero-order valence-corrected chi connectivity index (χ0v) is 37.2. The Morgan fingerprint density at radius 2 is 1.57 bits per heavy atom. The van der Waals surface area contributed by atoms with E-state index in [1.165, 1.54) is 6.08 Å². The van der Waals surface area contributed by atoms with Crippen molar-refractivity contribution >= 4 is 34.8 Å². The van der Waals surface area contributed by atoms with Gasteiger partial charge in [-0.3, -0.25) is 0 Å². The summed E-state index contributed by atoms with van der Waals surface area (Å²) >= 11 is 0. The summed E-state index contributed by atoms with van der Waals surface area (Å²) < 4.78 is 24.6. The molecule has 0 aliphatic carbocycles.